The molecule has 1 aliphatic heterocycles. The van der Waals surface area contributed by atoms with Crippen molar-refractivity contribution < 1.29 is 41.3 Å². The number of hydrogen-bond donors (Lipinski definition) is 4. The van der Waals surface area contributed by atoms with Crippen LogP contribution in [-0.4, -0.2) is 90.6 Å². The van der Waals surface area contributed by atoms with Crippen LogP contribution in [0.2, 0.25) is 0 Å². The molecular weight excluding hydrogens is 692 g/mol. The van der Waals surface area contributed by atoms with Gasteiger partial charge in [-0.3, -0.25) is 14.4 Å². The maximum atomic E-state index is 14.5. The number of methoxy groups -OCH3 is 1. The van der Waals surface area contributed by atoms with Crippen molar-refractivity contribution in [3.63, 3.8) is 0 Å². The lowest BCUT2D eigenvalue weighted by Gasteiger charge is -2.36. The minimum atomic E-state index is -4.44. The fraction of sp³-hybridized carbons (Fsp3) is 0.639. The molecule has 1 unspecified atom stereocenters. The van der Waals surface area contributed by atoms with Crippen LogP contribution in [-0.2, 0) is 28.9 Å². The Kier molecular flexibility index (Phi) is 10.5. The zero-order valence-corrected chi connectivity index (χ0v) is 32.2. The smallest absolute Gasteiger partial charge is 0.362 e. The summed E-state index contributed by atoms with van der Waals surface area (Å²) < 4.78 is 44.4. The molecule has 5 atom stereocenters. The lowest BCUT2D eigenvalue weighted by molar-refractivity contribution is -0.142. The normalized spacial score (nSPS) is 24.4. The zero-order valence-electron chi connectivity index (χ0n) is 31.4. The first-order valence-corrected chi connectivity index (χ1v) is 19.1. The number of ether oxygens (including phenoxy) is 2. The van der Waals surface area contributed by atoms with Crippen LogP contribution in [0.3, 0.4) is 0 Å². The molecule has 0 radical (unpaired) electrons. The van der Waals surface area contributed by atoms with Crippen molar-refractivity contribution in [3.8, 4) is 11.6 Å². The highest BCUT2D eigenvalue weighted by molar-refractivity contribution is 7.85. The van der Waals surface area contributed by atoms with Gasteiger partial charge in [-0.15, -0.1) is 0 Å². The van der Waals surface area contributed by atoms with Gasteiger partial charge in [-0.2, -0.15) is 8.42 Å². The predicted octanol–water partition coefficient (Wildman–Crippen LogP) is 3.32. The van der Waals surface area contributed by atoms with Gasteiger partial charge in [0.15, 0.2) is 0 Å². The Labute approximate surface area is 305 Å². The predicted molar refractivity (Wildman–Crippen MR) is 193 cm³/mol. The minimum absolute atomic E-state index is 0.0303. The molecule has 1 aromatic carbocycles. The van der Waals surface area contributed by atoms with Crippen molar-refractivity contribution >= 4 is 44.8 Å². The van der Waals surface area contributed by atoms with Crippen LogP contribution in [0.4, 0.5) is 4.79 Å². The highest BCUT2D eigenvalue weighted by Crippen LogP contribution is 2.47. The van der Waals surface area contributed by atoms with Crippen LogP contribution in [0.25, 0.3) is 10.8 Å². The van der Waals surface area contributed by atoms with E-state index in [1.807, 2.05) is 50.6 Å². The molecule has 1 saturated heterocycles. The molecule has 52 heavy (non-hydrogen) atoms. The largest absolute Gasteiger partial charge is 0.497 e. The van der Waals surface area contributed by atoms with Gasteiger partial charge in [0.1, 0.15) is 29.5 Å². The van der Waals surface area contributed by atoms with Crippen LogP contribution in [0.1, 0.15) is 87.5 Å². The fourth-order valence-corrected chi connectivity index (χ4v) is 7.71. The summed E-state index contributed by atoms with van der Waals surface area (Å²) in [6.45, 7) is 14.3. The summed E-state index contributed by atoms with van der Waals surface area (Å²) in [6.07, 6.45) is 2.70. The fourth-order valence-electron chi connectivity index (χ4n) is 6.57. The lowest BCUT2D eigenvalue weighted by Crippen LogP contribution is -2.61. The molecule has 5 rings (SSSR count). The summed E-state index contributed by atoms with van der Waals surface area (Å²) in [6, 6.07) is 4.51. The quantitative estimate of drug-likeness (QED) is 0.251. The summed E-state index contributed by atoms with van der Waals surface area (Å²) in [5, 5.41) is 9.97. The van der Waals surface area contributed by atoms with Gasteiger partial charge in [0.2, 0.25) is 17.7 Å². The van der Waals surface area contributed by atoms with Gasteiger partial charge in [-0.05, 0) is 87.9 Å². The lowest BCUT2D eigenvalue weighted by atomic mass is 9.85. The van der Waals surface area contributed by atoms with Gasteiger partial charge in [-0.25, -0.2) is 18.7 Å². The van der Waals surface area contributed by atoms with E-state index in [4.69, 9.17) is 13.7 Å². The molecule has 3 fully saturated rings. The highest BCUT2D eigenvalue weighted by atomic mass is 32.2. The van der Waals surface area contributed by atoms with Gasteiger partial charge >= 0.3 is 16.3 Å². The molecule has 2 aliphatic carbocycles. The number of likely N-dealkylation sites (tertiary alicyclic amines) is 1. The average molecular weight is 745 g/mol. The Hall–Kier alpha value is -4.18. The van der Waals surface area contributed by atoms with Crippen LogP contribution in [0, 0.1) is 11.3 Å². The second-order valence-electron chi connectivity index (χ2n) is 16.5. The van der Waals surface area contributed by atoms with E-state index in [9.17, 15) is 27.6 Å². The summed E-state index contributed by atoms with van der Waals surface area (Å²) in [5.74, 6) is -1.47. The molecular formula is C36H52N6O9S. The molecule has 2 saturated carbocycles. The van der Waals surface area contributed by atoms with Crippen LogP contribution >= 0.6 is 0 Å². The summed E-state index contributed by atoms with van der Waals surface area (Å²) in [5.41, 5.74) is -3.74. The van der Waals surface area contributed by atoms with Crippen molar-refractivity contribution in [2.75, 3.05) is 13.7 Å². The Morgan fingerprint density at radius 1 is 1.08 bits per heavy atom. The molecule has 16 heteroatoms. The molecule has 286 valence electrons. The van der Waals surface area contributed by atoms with Crippen molar-refractivity contribution in [3.05, 3.63) is 30.5 Å². The molecule has 15 nitrogen and oxygen atoms in total. The second kappa shape index (κ2) is 14.0. The Morgan fingerprint density at radius 3 is 2.35 bits per heavy atom. The van der Waals surface area contributed by atoms with Crippen molar-refractivity contribution in [1.29, 1.82) is 0 Å². The van der Waals surface area contributed by atoms with Gasteiger partial charge in [-0.1, -0.05) is 34.1 Å². The minimum Gasteiger partial charge on any atom is -0.497 e. The number of carbonyl (C=O) groups excluding carboxylic acids is 4. The standard InChI is InChI=1S/C36H52N6O9S/c1-10-22-19-36(22,31(45)41-52(47,48)51-35(8)14-15-35)39-28(43)26-18-24(50-29-25-12-11-23(49-9)17-21(25)13-16-37-29)20-42(26)30(44)27(33(2,3)4)38-32(46)40-34(5,6)7/h11-13,16-17,22,24,26-27H,10,14-15,18-20H2,1-9H3,(H,39,43)(H,41,45)(H2,38,40,46)/t22-,24?,26+,27-,36-/m1/s1. The third-order valence-electron chi connectivity index (χ3n) is 9.77. The highest BCUT2D eigenvalue weighted by Gasteiger charge is 2.62. The first-order chi connectivity index (χ1) is 24.1. The van der Waals surface area contributed by atoms with E-state index < -0.39 is 74.3 Å². The number of hydrogen-bond acceptors (Lipinski definition) is 10. The van der Waals surface area contributed by atoms with E-state index in [0.717, 1.165) is 5.39 Å². The van der Waals surface area contributed by atoms with Crippen molar-refractivity contribution in [2.24, 2.45) is 11.3 Å². The number of fused-ring (bicyclic) bond motifs is 1. The summed E-state index contributed by atoms with van der Waals surface area (Å²) >= 11 is 0. The second-order valence-corrected chi connectivity index (χ2v) is 17.8. The van der Waals surface area contributed by atoms with Gasteiger partial charge in [0.05, 0.1) is 19.3 Å². The topological polar surface area (TPSA) is 194 Å². The maximum Gasteiger partial charge on any atom is 0.362 e. The van der Waals surface area contributed by atoms with E-state index in [2.05, 4.69) is 20.9 Å². The van der Waals surface area contributed by atoms with Gasteiger partial charge in [0, 0.05) is 23.5 Å². The SMILES string of the molecule is CC[C@@H]1C[C@]1(NC(=O)[C@@H]1CC(Oc2nccc3cc(OC)ccc23)CN1C(=O)[C@@H](NC(=O)NC(C)(C)C)C(C)(C)C)C(=O)NS(=O)(=O)OC1(C)CC1. The molecule has 1 aromatic heterocycles. The number of urea groups is 1. The molecule has 5 amide bonds. The van der Waals surface area contributed by atoms with E-state index >= 15 is 0 Å². The number of nitrogens with zero attached hydrogens (tertiary/aromatic N) is 2. The monoisotopic (exact) mass is 744 g/mol. The van der Waals surface area contributed by atoms with Crippen LogP contribution in [0.5, 0.6) is 11.6 Å². The van der Waals surface area contributed by atoms with Crippen molar-refractivity contribution in [2.45, 2.75) is 122 Å². The Morgan fingerprint density at radius 2 is 1.77 bits per heavy atom. The molecule has 0 bridgehead atoms. The van der Waals surface area contributed by atoms with Crippen LogP contribution < -0.4 is 30.1 Å². The summed E-state index contributed by atoms with van der Waals surface area (Å²) in [7, 11) is -2.87. The van der Waals surface area contributed by atoms with E-state index in [1.165, 1.54) is 4.90 Å². The third-order valence-corrected chi connectivity index (χ3v) is 10.8. The first-order valence-electron chi connectivity index (χ1n) is 17.7. The van der Waals surface area contributed by atoms with E-state index in [1.54, 1.807) is 47.1 Å². The maximum absolute atomic E-state index is 14.5. The number of aromatic nitrogens is 1. The number of carbonyl (C=O) groups is 4. The third kappa shape index (κ3) is 8.88. The molecule has 2 heterocycles. The van der Waals surface area contributed by atoms with Gasteiger partial charge < -0.3 is 30.3 Å². The number of nitrogens with one attached hydrogen (secondary N) is 4. The molecule has 2 aromatic rings. The van der Waals surface area contributed by atoms with Crippen molar-refractivity contribution in [1.82, 2.24) is 30.6 Å². The Bertz CT molecular complexity index is 1840. The van der Waals surface area contributed by atoms with Crippen LogP contribution in [0.15, 0.2) is 30.5 Å². The van der Waals surface area contributed by atoms with E-state index in [0.29, 0.717) is 36.3 Å². The molecule has 4 N–H and O–H groups in total. The number of benzene rings is 1. The average Bonchev–Trinajstić information content (AvgIpc) is 3.90. The van der Waals surface area contributed by atoms with E-state index in [-0.39, 0.29) is 25.3 Å². The first kappa shape index (κ1) is 39.0. The number of rotatable bonds is 12. The number of amides is 5. The number of pyridine rings is 1. The molecule has 0 spiro atoms. The molecule has 3 aliphatic rings. The Balaban J connectivity index is 1.43. The zero-order chi connectivity index (χ0) is 38.4. The van der Waals surface area contributed by atoms with Gasteiger partial charge in [0.25, 0.3) is 5.91 Å². The summed E-state index contributed by atoms with van der Waals surface area (Å²) in [4.78, 5) is 61.2.